The molecule has 1 saturated heterocycles. The molecule has 29 heavy (non-hydrogen) atoms. The number of carbonyl (C=O) groups excluding carboxylic acids is 1. The van der Waals surface area contributed by atoms with Crippen molar-refractivity contribution in [2.45, 2.75) is 46.2 Å². The lowest BCUT2D eigenvalue weighted by Crippen LogP contribution is -2.44. The zero-order valence-electron chi connectivity index (χ0n) is 18.0. The predicted molar refractivity (Wildman–Crippen MR) is 116 cm³/mol. The number of benzene rings is 1. The molecule has 1 atom stereocenters. The summed E-state index contributed by atoms with van der Waals surface area (Å²) < 4.78 is 5.24. The number of ether oxygens (including phenoxy) is 1. The average Bonchev–Trinajstić information content (AvgIpc) is 2.73. The zero-order valence-corrected chi connectivity index (χ0v) is 18.0. The molecule has 156 valence electrons. The van der Waals surface area contributed by atoms with E-state index in [0.29, 0.717) is 5.92 Å². The first kappa shape index (κ1) is 21.3. The Labute approximate surface area is 174 Å². The Morgan fingerprint density at radius 2 is 1.86 bits per heavy atom. The van der Waals surface area contributed by atoms with Crippen molar-refractivity contribution in [3.63, 3.8) is 0 Å². The van der Waals surface area contributed by atoms with Gasteiger partial charge in [0.05, 0.1) is 18.8 Å². The summed E-state index contributed by atoms with van der Waals surface area (Å²) >= 11 is 0. The first-order valence-corrected chi connectivity index (χ1v) is 10.4. The lowest BCUT2D eigenvalue weighted by Gasteiger charge is -2.37. The van der Waals surface area contributed by atoms with Crippen LogP contribution in [-0.4, -0.2) is 36.0 Å². The molecule has 1 aliphatic rings. The van der Waals surface area contributed by atoms with Crippen molar-refractivity contribution in [3.05, 3.63) is 59.9 Å². The normalized spacial score (nSPS) is 17.0. The largest absolute Gasteiger partial charge is 0.497 e. The van der Waals surface area contributed by atoms with Gasteiger partial charge in [0.25, 0.3) is 0 Å². The van der Waals surface area contributed by atoms with Crippen molar-refractivity contribution in [1.82, 2.24) is 15.2 Å². The highest BCUT2D eigenvalue weighted by molar-refractivity contribution is 5.81. The maximum Gasteiger partial charge on any atom is 0.225 e. The van der Waals surface area contributed by atoms with E-state index in [9.17, 15) is 4.79 Å². The summed E-state index contributed by atoms with van der Waals surface area (Å²) in [6.45, 7) is 8.84. The minimum Gasteiger partial charge on any atom is -0.497 e. The fourth-order valence-corrected chi connectivity index (χ4v) is 3.78. The van der Waals surface area contributed by atoms with Crippen LogP contribution in [0.3, 0.4) is 0 Å². The van der Waals surface area contributed by atoms with Crippen molar-refractivity contribution in [2.24, 2.45) is 11.3 Å². The number of nitrogens with zero attached hydrogens (tertiary/aromatic N) is 2. The number of likely N-dealkylation sites (tertiary alicyclic amines) is 1. The standard InChI is InChI=1S/C24H33N3O2/c1-24(2,3)23(28)26-22(21-7-5-6-14-25-21)19-12-15-27(16-13-19)17-18-8-10-20(29-4)11-9-18/h5-11,14,19,22H,12-13,15-17H2,1-4H3,(H,26,28)/t22-/m0/s1. The van der Waals surface area contributed by atoms with Gasteiger partial charge in [0.15, 0.2) is 0 Å². The van der Waals surface area contributed by atoms with Gasteiger partial charge in [-0.3, -0.25) is 14.7 Å². The Hall–Kier alpha value is -2.40. The van der Waals surface area contributed by atoms with Crippen LogP contribution in [0, 0.1) is 11.3 Å². The SMILES string of the molecule is COc1ccc(CN2CCC([C@H](NC(=O)C(C)(C)C)c3ccccn3)CC2)cc1. The lowest BCUT2D eigenvalue weighted by molar-refractivity contribution is -0.129. The monoisotopic (exact) mass is 395 g/mol. The van der Waals surface area contributed by atoms with Gasteiger partial charge in [-0.15, -0.1) is 0 Å². The van der Waals surface area contributed by atoms with Crippen LogP contribution in [-0.2, 0) is 11.3 Å². The first-order chi connectivity index (χ1) is 13.9. The van der Waals surface area contributed by atoms with Crippen molar-refractivity contribution < 1.29 is 9.53 Å². The molecule has 1 aromatic carbocycles. The molecule has 1 amide bonds. The Bertz CT molecular complexity index is 776. The van der Waals surface area contributed by atoms with E-state index in [4.69, 9.17) is 4.74 Å². The van der Waals surface area contributed by atoms with Crippen LogP contribution in [0.4, 0.5) is 0 Å². The van der Waals surface area contributed by atoms with Gasteiger partial charge in [-0.05, 0) is 61.7 Å². The molecule has 0 radical (unpaired) electrons. The molecule has 1 N–H and O–H groups in total. The van der Waals surface area contributed by atoms with E-state index in [1.54, 1.807) is 7.11 Å². The second kappa shape index (κ2) is 9.40. The van der Waals surface area contributed by atoms with Gasteiger partial charge in [0.1, 0.15) is 5.75 Å². The maximum absolute atomic E-state index is 12.7. The third-order valence-electron chi connectivity index (χ3n) is 5.64. The molecule has 0 aliphatic carbocycles. The number of methoxy groups -OCH3 is 1. The van der Waals surface area contributed by atoms with Crippen LogP contribution >= 0.6 is 0 Å². The third-order valence-corrected chi connectivity index (χ3v) is 5.64. The summed E-state index contributed by atoms with van der Waals surface area (Å²) in [7, 11) is 1.69. The van der Waals surface area contributed by atoms with Gasteiger partial charge in [-0.1, -0.05) is 39.0 Å². The molecule has 1 aromatic heterocycles. The van der Waals surface area contributed by atoms with Gasteiger partial charge in [0.2, 0.25) is 5.91 Å². The van der Waals surface area contributed by atoms with Crippen LogP contribution in [0.2, 0.25) is 0 Å². The predicted octanol–water partition coefficient (Wildman–Crippen LogP) is 4.21. The summed E-state index contributed by atoms with van der Waals surface area (Å²) in [5, 5.41) is 3.29. The fourth-order valence-electron chi connectivity index (χ4n) is 3.78. The van der Waals surface area contributed by atoms with Gasteiger partial charge in [-0.2, -0.15) is 0 Å². The number of carbonyl (C=O) groups is 1. The summed E-state index contributed by atoms with van der Waals surface area (Å²) in [6.07, 6.45) is 3.90. The zero-order chi connectivity index (χ0) is 20.9. The van der Waals surface area contributed by atoms with Crippen LogP contribution in [0.15, 0.2) is 48.7 Å². The Balaban J connectivity index is 1.64. The van der Waals surface area contributed by atoms with E-state index in [1.807, 2.05) is 57.3 Å². The smallest absolute Gasteiger partial charge is 0.225 e. The highest BCUT2D eigenvalue weighted by Crippen LogP contribution is 2.31. The van der Waals surface area contributed by atoms with Crippen molar-refractivity contribution in [1.29, 1.82) is 0 Å². The van der Waals surface area contributed by atoms with E-state index in [1.165, 1.54) is 5.56 Å². The minimum atomic E-state index is -0.415. The van der Waals surface area contributed by atoms with Gasteiger partial charge in [-0.25, -0.2) is 0 Å². The van der Waals surface area contributed by atoms with E-state index in [2.05, 4.69) is 27.3 Å². The topological polar surface area (TPSA) is 54.5 Å². The Morgan fingerprint density at radius 1 is 1.17 bits per heavy atom. The molecule has 2 heterocycles. The fraction of sp³-hybridized carbons (Fsp3) is 0.500. The quantitative estimate of drug-likeness (QED) is 0.796. The van der Waals surface area contributed by atoms with Crippen LogP contribution < -0.4 is 10.1 Å². The van der Waals surface area contributed by atoms with E-state index in [-0.39, 0.29) is 11.9 Å². The first-order valence-electron chi connectivity index (χ1n) is 10.4. The minimum absolute atomic E-state index is 0.0361. The molecule has 0 bridgehead atoms. The summed E-state index contributed by atoms with van der Waals surface area (Å²) in [5.41, 5.74) is 1.84. The van der Waals surface area contributed by atoms with E-state index in [0.717, 1.165) is 43.9 Å². The molecule has 5 nitrogen and oxygen atoms in total. The molecule has 1 fully saturated rings. The number of aromatic nitrogens is 1. The van der Waals surface area contributed by atoms with E-state index >= 15 is 0 Å². The Morgan fingerprint density at radius 3 is 2.41 bits per heavy atom. The number of hydrogen-bond acceptors (Lipinski definition) is 4. The summed E-state index contributed by atoms with van der Waals surface area (Å²) in [5.74, 6) is 1.36. The number of amides is 1. The molecule has 0 spiro atoms. The molecule has 5 heteroatoms. The van der Waals surface area contributed by atoms with Crippen LogP contribution in [0.25, 0.3) is 0 Å². The lowest BCUT2D eigenvalue weighted by atomic mass is 9.85. The molecular weight excluding hydrogens is 362 g/mol. The molecule has 0 saturated carbocycles. The number of nitrogens with one attached hydrogen (secondary N) is 1. The molecular formula is C24H33N3O2. The second-order valence-corrected chi connectivity index (χ2v) is 8.92. The summed E-state index contributed by atoms with van der Waals surface area (Å²) in [4.78, 5) is 19.7. The highest BCUT2D eigenvalue weighted by Gasteiger charge is 2.32. The molecule has 0 unspecified atom stereocenters. The third kappa shape index (κ3) is 5.80. The summed E-state index contributed by atoms with van der Waals surface area (Å²) in [6, 6.07) is 14.2. The van der Waals surface area contributed by atoms with Crippen molar-refractivity contribution in [3.8, 4) is 5.75 Å². The van der Waals surface area contributed by atoms with Crippen LogP contribution in [0.5, 0.6) is 5.75 Å². The molecule has 1 aliphatic heterocycles. The average molecular weight is 396 g/mol. The van der Waals surface area contributed by atoms with E-state index < -0.39 is 5.41 Å². The second-order valence-electron chi connectivity index (χ2n) is 8.92. The number of pyridine rings is 1. The van der Waals surface area contributed by atoms with Crippen molar-refractivity contribution in [2.75, 3.05) is 20.2 Å². The van der Waals surface area contributed by atoms with Gasteiger partial charge < -0.3 is 10.1 Å². The van der Waals surface area contributed by atoms with Crippen LogP contribution in [0.1, 0.15) is 50.9 Å². The number of piperidine rings is 1. The maximum atomic E-state index is 12.7. The number of rotatable bonds is 6. The Kier molecular flexibility index (Phi) is 6.91. The van der Waals surface area contributed by atoms with Gasteiger partial charge in [0, 0.05) is 18.2 Å². The number of hydrogen-bond donors (Lipinski definition) is 1. The molecule has 2 aromatic rings. The van der Waals surface area contributed by atoms with Gasteiger partial charge >= 0.3 is 0 Å². The molecule has 3 rings (SSSR count). The van der Waals surface area contributed by atoms with Crippen molar-refractivity contribution >= 4 is 5.91 Å². The highest BCUT2D eigenvalue weighted by atomic mass is 16.5.